The first kappa shape index (κ1) is 98.2. The summed E-state index contributed by atoms with van der Waals surface area (Å²) in [5.41, 5.74) is 9.37. The molecule has 0 radical (unpaired) electrons. The van der Waals surface area contributed by atoms with Crippen molar-refractivity contribution in [3.63, 3.8) is 0 Å². The second-order valence-electron chi connectivity index (χ2n) is 42.0. The Kier molecular flexibility index (Phi) is 36.0. The van der Waals surface area contributed by atoms with Gasteiger partial charge in [0.05, 0.1) is 13.7 Å². The third-order valence-corrected chi connectivity index (χ3v) is 26.2. The highest BCUT2D eigenvalue weighted by Gasteiger charge is 2.42. The molecule has 8 fully saturated rings. The smallest absolute Gasteiger partial charge is 0.132 e. The lowest BCUT2D eigenvalue weighted by Gasteiger charge is -2.38. The molecular formula is C108H165N9O6. The molecule has 7 atom stereocenters. The van der Waals surface area contributed by atoms with Crippen molar-refractivity contribution < 1.29 is 28.4 Å². The van der Waals surface area contributed by atoms with Crippen LogP contribution in [-0.4, -0.2) is 210 Å². The zero-order chi connectivity index (χ0) is 88.9. The Labute approximate surface area is 747 Å². The number of benzene rings is 7. The number of nitrogens with zero attached hydrogens (tertiary/aromatic N) is 9. The van der Waals surface area contributed by atoms with Crippen LogP contribution in [0.4, 0.5) is 0 Å². The second-order valence-corrected chi connectivity index (χ2v) is 42.0. The molecular weight excluding hydrogens is 1520 g/mol. The van der Waals surface area contributed by atoms with Crippen LogP contribution in [0.15, 0.2) is 176 Å². The van der Waals surface area contributed by atoms with Gasteiger partial charge in [-0.3, -0.25) is 29.4 Å². The molecule has 0 aromatic heterocycles. The number of likely N-dealkylation sites (N-methyl/N-ethyl adjacent to an activating group) is 2. The summed E-state index contributed by atoms with van der Waals surface area (Å²) in [6.45, 7) is 57.6. The van der Waals surface area contributed by atoms with Crippen molar-refractivity contribution in [3.8, 4) is 40.2 Å². The highest BCUT2D eigenvalue weighted by molar-refractivity contribution is 5.43. The van der Waals surface area contributed by atoms with E-state index in [0.29, 0.717) is 48.5 Å². The van der Waals surface area contributed by atoms with Gasteiger partial charge in [-0.2, -0.15) is 0 Å². The van der Waals surface area contributed by atoms with Gasteiger partial charge in [0.25, 0.3) is 0 Å². The Bertz CT molecular complexity index is 4250. The Hall–Kier alpha value is -7.02. The van der Waals surface area contributed by atoms with Crippen LogP contribution in [0, 0.1) is 0 Å². The highest BCUT2D eigenvalue weighted by atomic mass is 16.5. The van der Waals surface area contributed by atoms with Crippen LogP contribution in [0.25, 0.3) is 0 Å². The van der Waals surface area contributed by atoms with E-state index < -0.39 is 0 Å². The quantitative estimate of drug-likeness (QED) is 0.0770. The average Bonchev–Trinajstić information content (AvgIpc) is 1.72. The zero-order valence-electron chi connectivity index (χ0n) is 81.1. The first-order valence-electron chi connectivity index (χ1n) is 47.4. The maximum absolute atomic E-state index is 6.45. The van der Waals surface area contributed by atoms with Gasteiger partial charge in [0.15, 0.2) is 0 Å². The van der Waals surface area contributed by atoms with Crippen molar-refractivity contribution in [3.05, 3.63) is 209 Å². The van der Waals surface area contributed by atoms with E-state index in [4.69, 9.17) is 28.4 Å². The fraction of sp³-hybridized carbons (Fsp3) is 0.611. The lowest BCUT2D eigenvalue weighted by molar-refractivity contribution is 0.101. The molecule has 8 heterocycles. The number of likely N-dealkylation sites (tertiary alicyclic amines) is 8. The van der Waals surface area contributed by atoms with Crippen LogP contribution >= 0.6 is 0 Å². The summed E-state index contributed by atoms with van der Waals surface area (Å²) in [5.74, 6) is 7.23. The fourth-order valence-electron chi connectivity index (χ4n) is 20.2. The average molecular weight is 1690 g/mol. The van der Waals surface area contributed by atoms with Gasteiger partial charge in [0.1, 0.15) is 59.1 Å². The molecule has 7 aromatic carbocycles. The molecule has 0 N–H and O–H groups in total. The topological polar surface area (TPSA) is 84.5 Å². The first-order valence-corrected chi connectivity index (χ1v) is 47.4. The van der Waals surface area contributed by atoms with Gasteiger partial charge in [0, 0.05) is 136 Å². The molecule has 0 saturated carbocycles. The lowest BCUT2D eigenvalue weighted by Crippen LogP contribution is -2.41. The molecule has 0 bridgehead atoms. The fourth-order valence-corrected chi connectivity index (χ4v) is 20.2. The third kappa shape index (κ3) is 28.0. The van der Waals surface area contributed by atoms with Gasteiger partial charge < -0.3 is 43.1 Å². The number of rotatable bonds is 19. The summed E-state index contributed by atoms with van der Waals surface area (Å²) in [4.78, 5) is 22.6. The first-order chi connectivity index (χ1) is 58.4. The minimum atomic E-state index is 0.182. The van der Waals surface area contributed by atoms with E-state index in [1.54, 1.807) is 7.11 Å². The molecule has 7 aromatic rings. The maximum atomic E-state index is 6.45. The van der Waals surface area contributed by atoms with E-state index in [0.717, 1.165) is 112 Å². The number of ether oxygens (including phenoxy) is 6. The zero-order valence-corrected chi connectivity index (χ0v) is 81.1. The number of piperidine rings is 1. The predicted molar refractivity (Wildman–Crippen MR) is 515 cm³/mol. The van der Waals surface area contributed by atoms with Gasteiger partial charge in [-0.1, -0.05) is 127 Å². The Morgan fingerprint density at radius 3 is 0.886 bits per heavy atom. The standard InChI is InChI=1S/C20H32N2O.C20H25NO.C19H30N2O.C18H30N2O.C16H25NO.C15H23NO/c1-20(2,3)22-13-7-9-18(22)17-8-5-6-10-19(17)23-16-11-14-21(4)15-12-16;1-20(2,3)21-15-9-13-18(21)17-12-7-8-14-19(17)22-16-10-5-4-6-11-16;1-19(2,3)21-12-7-9-17(21)16-8-5-6-10-18(16)22-15-11-13-20(4)14-15;1-18(2,3)20-12-8-10-16(20)15-9-6-7-11-17(15)21-14-13-19(4)5;1-5-18-15-11-7-6-9-13(15)14-10-8-12-17(14)16(2,3)4;1-15(2,3)16-11-7-9-13(16)12-8-5-6-10-14(12)17-4/h5-6,8,10,16,18H,7,9,11-15H2,1-4H3;4-8,10-12,14,18H,9,13,15H2,1-3H3;5-6,8,10,15,17H,7,9,11-14H2,1-4H3;6-7,9,11,16H,8,10,12-14H2,1-5H3;6-7,9,11,14H,5,8,10,12H2,1-4H3;5-6,8,10,13H,7,9,11H2,1-4H3/t;;;;14-;13-/m....00/s1. The molecule has 123 heavy (non-hydrogen) atoms. The molecule has 8 aliphatic rings. The minimum absolute atomic E-state index is 0.182. The van der Waals surface area contributed by atoms with Crippen molar-refractivity contribution in [2.24, 2.45) is 0 Å². The molecule has 8 aliphatic heterocycles. The summed E-state index contributed by atoms with van der Waals surface area (Å²) in [6, 6.07) is 64.3. The summed E-state index contributed by atoms with van der Waals surface area (Å²) < 4.78 is 36.3. The Morgan fingerprint density at radius 1 is 0.301 bits per heavy atom. The van der Waals surface area contributed by atoms with Gasteiger partial charge in [0.2, 0.25) is 0 Å². The van der Waals surface area contributed by atoms with Crippen LogP contribution in [0.3, 0.4) is 0 Å². The van der Waals surface area contributed by atoms with Crippen molar-refractivity contribution in [2.75, 3.05) is 121 Å². The molecule has 8 saturated heterocycles. The number of methoxy groups -OCH3 is 1. The van der Waals surface area contributed by atoms with Crippen LogP contribution in [-0.2, 0) is 0 Å². The summed E-state index contributed by atoms with van der Waals surface area (Å²) >= 11 is 0. The summed E-state index contributed by atoms with van der Waals surface area (Å²) in [6.07, 6.45) is 19.2. The largest absolute Gasteiger partial charge is 0.496 e. The summed E-state index contributed by atoms with van der Waals surface area (Å²) in [5, 5.41) is 0. The van der Waals surface area contributed by atoms with E-state index in [1.165, 1.54) is 143 Å². The van der Waals surface area contributed by atoms with Crippen LogP contribution in [0.5, 0.6) is 40.2 Å². The van der Waals surface area contributed by atoms with Crippen molar-refractivity contribution in [2.45, 2.75) is 310 Å². The van der Waals surface area contributed by atoms with Gasteiger partial charge in [-0.05, 0) is 344 Å². The third-order valence-electron chi connectivity index (χ3n) is 26.2. The van der Waals surface area contributed by atoms with Crippen molar-refractivity contribution in [1.29, 1.82) is 0 Å². The highest BCUT2D eigenvalue weighted by Crippen LogP contribution is 2.48. The maximum Gasteiger partial charge on any atom is 0.132 e. The molecule has 5 unspecified atom stereocenters. The second kappa shape index (κ2) is 45.1. The molecule has 678 valence electrons. The van der Waals surface area contributed by atoms with Crippen LogP contribution in [0.2, 0.25) is 0 Å². The lowest BCUT2D eigenvalue weighted by atomic mass is 9.98. The molecule has 0 amide bonds. The minimum Gasteiger partial charge on any atom is -0.496 e. The van der Waals surface area contributed by atoms with Crippen molar-refractivity contribution in [1.82, 2.24) is 44.1 Å². The van der Waals surface area contributed by atoms with Crippen molar-refractivity contribution >= 4 is 0 Å². The normalized spacial score (nSPS) is 22.6. The van der Waals surface area contributed by atoms with Crippen LogP contribution < -0.4 is 28.4 Å². The van der Waals surface area contributed by atoms with E-state index >= 15 is 0 Å². The molecule has 15 heteroatoms. The Morgan fingerprint density at radius 2 is 0.569 bits per heavy atom. The molecule has 15 nitrogen and oxygen atoms in total. The summed E-state index contributed by atoms with van der Waals surface area (Å²) in [7, 11) is 10.3. The SMILES string of the molecule is CC(C)(C)N1CCCC1c1ccccc1Oc1ccccc1.CCOc1ccccc1[C@@H]1CCCN1C(C)(C)C.CN(C)CCOc1ccccc1C1CCCN1C(C)(C)C.CN1CCC(Oc2ccccc2C2CCCN2C(C)(C)C)C1.CN1CCC(Oc2ccccc2C2CCCN2C(C)(C)C)CC1.COc1ccccc1[C@@H]1CCCN1C(C)(C)C. The molecule has 0 aliphatic carbocycles. The molecule has 0 spiro atoms. The van der Waals surface area contributed by atoms with E-state index in [9.17, 15) is 0 Å². The predicted octanol–water partition coefficient (Wildman–Crippen LogP) is 24.4. The Balaban J connectivity index is 0.000000155. The van der Waals surface area contributed by atoms with Gasteiger partial charge in [-0.15, -0.1) is 0 Å². The van der Waals surface area contributed by atoms with E-state index in [-0.39, 0.29) is 33.2 Å². The van der Waals surface area contributed by atoms with Gasteiger partial charge >= 0.3 is 0 Å². The van der Waals surface area contributed by atoms with E-state index in [2.05, 4.69) is 336 Å². The number of hydrogen-bond donors (Lipinski definition) is 0. The van der Waals surface area contributed by atoms with Gasteiger partial charge in [-0.25, -0.2) is 0 Å². The molecule has 15 rings (SSSR count). The number of hydrogen-bond acceptors (Lipinski definition) is 15. The van der Waals surface area contributed by atoms with Crippen LogP contribution in [0.1, 0.15) is 297 Å². The number of para-hydroxylation sites is 7. The van der Waals surface area contributed by atoms with E-state index in [1.807, 2.05) is 43.3 Å². The monoisotopic (exact) mass is 1680 g/mol.